The van der Waals surface area contributed by atoms with Crippen molar-refractivity contribution in [1.82, 2.24) is 14.8 Å². The van der Waals surface area contributed by atoms with Gasteiger partial charge in [-0.15, -0.1) is 0 Å². The number of carbonyl (C=O) groups is 2. The van der Waals surface area contributed by atoms with Gasteiger partial charge in [0, 0.05) is 25.2 Å². The van der Waals surface area contributed by atoms with Gasteiger partial charge in [0.1, 0.15) is 11.4 Å². The zero-order valence-electron chi connectivity index (χ0n) is 13.4. The smallest absolute Gasteiger partial charge is 0.272 e. The Kier molecular flexibility index (Phi) is 2.90. The van der Waals surface area contributed by atoms with Crippen LogP contribution in [-0.4, -0.2) is 45.4 Å². The second-order valence-electron chi connectivity index (χ2n) is 7.01. The van der Waals surface area contributed by atoms with Gasteiger partial charge in [-0.3, -0.25) is 9.59 Å². The summed E-state index contributed by atoms with van der Waals surface area (Å²) in [5.74, 6) is 0.243. The molecule has 1 atom stereocenters. The fourth-order valence-electron chi connectivity index (χ4n) is 4.49. The van der Waals surface area contributed by atoms with Crippen molar-refractivity contribution in [2.75, 3.05) is 13.1 Å². The quantitative estimate of drug-likeness (QED) is 0.862. The van der Waals surface area contributed by atoms with Gasteiger partial charge in [-0.2, -0.15) is 0 Å². The van der Waals surface area contributed by atoms with E-state index in [0.29, 0.717) is 19.5 Å². The lowest BCUT2D eigenvalue weighted by Crippen LogP contribution is -2.50. The molecule has 3 heterocycles. The second kappa shape index (κ2) is 4.61. The number of H-pyrrole nitrogens is 1. The molecule has 0 aromatic carbocycles. The first-order valence-corrected chi connectivity index (χ1v) is 8.35. The van der Waals surface area contributed by atoms with E-state index in [0.717, 1.165) is 30.5 Å². The lowest BCUT2D eigenvalue weighted by molar-refractivity contribution is -0.130. The van der Waals surface area contributed by atoms with Crippen LogP contribution in [0, 0.1) is 6.92 Å². The number of aromatic amines is 1. The summed E-state index contributed by atoms with van der Waals surface area (Å²) in [5, 5.41) is 0. The number of fused-ring (bicyclic) bond motifs is 2. The van der Waals surface area contributed by atoms with Crippen molar-refractivity contribution in [3.05, 3.63) is 22.5 Å². The summed E-state index contributed by atoms with van der Waals surface area (Å²) in [4.78, 5) is 32.2. The molecule has 2 aliphatic heterocycles. The van der Waals surface area contributed by atoms with E-state index in [2.05, 4.69) is 11.9 Å². The standard InChI is InChI=1S/C17H23N3O2/c1-11-12-5-3-4-6-13(12)18-15(11)16(22)20-10-9-19-14(21)7-8-17(19,20)2/h18H,3-10H2,1-2H3. The Hall–Kier alpha value is -1.78. The molecule has 0 bridgehead atoms. The molecule has 3 aliphatic rings. The average Bonchev–Trinajstić information content (AvgIpc) is 3.12. The molecule has 118 valence electrons. The maximum atomic E-state index is 13.1. The van der Waals surface area contributed by atoms with E-state index in [1.165, 1.54) is 24.1 Å². The average molecular weight is 301 g/mol. The highest BCUT2D eigenvalue weighted by Crippen LogP contribution is 2.39. The molecule has 1 unspecified atom stereocenters. The Morgan fingerprint density at radius 2 is 1.95 bits per heavy atom. The summed E-state index contributed by atoms with van der Waals surface area (Å²) >= 11 is 0. The zero-order chi connectivity index (χ0) is 15.5. The minimum absolute atomic E-state index is 0.0617. The van der Waals surface area contributed by atoms with E-state index >= 15 is 0 Å². The van der Waals surface area contributed by atoms with E-state index in [9.17, 15) is 9.59 Å². The normalized spacial score (nSPS) is 27.3. The van der Waals surface area contributed by atoms with Gasteiger partial charge in [0.2, 0.25) is 5.91 Å². The van der Waals surface area contributed by atoms with Gasteiger partial charge in [0.25, 0.3) is 5.91 Å². The lowest BCUT2D eigenvalue weighted by Gasteiger charge is -2.35. The summed E-state index contributed by atoms with van der Waals surface area (Å²) < 4.78 is 0. The van der Waals surface area contributed by atoms with Crippen molar-refractivity contribution < 1.29 is 9.59 Å². The minimum Gasteiger partial charge on any atom is -0.354 e. The Morgan fingerprint density at radius 3 is 2.73 bits per heavy atom. The highest BCUT2D eigenvalue weighted by Gasteiger charge is 2.52. The van der Waals surface area contributed by atoms with Gasteiger partial charge in [-0.05, 0) is 57.1 Å². The first-order valence-electron chi connectivity index (χ1n) is 8.35. The number of rotatable bonds is 1. The van der Waals surface area contributed by atoms with Gasteiger partial charge in [0.05, 0.1) is 0 Å². The van der Waals surface area contributed by atoms with Crippen LogP contribution in [0.4, 0.5) is 0 Å². The van der Waals surface area contributed by atoms with Crippen LogP contribution in [0.25, 0.3) is 0 Å². The molecule has 1 aromatic rings. The summed E-state index contributed by atoms with van der Waals surface area (Å²) in [6, 6.07) is 0. The summed E-state index contributed by atoms with van der Waals surface area (Å²) in [6.45, 7) is 5.40. The largest absolute Gasteiger partial charge is 0.354 e. The molecule has 0 radical (unpaired) electrons. The molecule has 4 rings (SSSR count). The monoisotopic (exact) mass is 301 g/mol. The fourth-order valence-corrected chi connectivity index (χ4v) is 4.49. The number of nitrogens with zero attached hydrogens (tertiary/aromatic N) is 2. The molecule has 2 saturated heterocycles. The number of aryl methyl sites for hydroxylation is 1. The van der Waals surface area contributed by atoms with Crippen molar-refractivity contribution in [3.8, 4) is 0 Å². The Labute approximate surface area is 130 Å². The van der Waals surface area contributed by atoms with Gasteiger partial charge in [-0.25, -0.2) is 0 Å². The molecule has 22 heavy (non-hydrogen) atoms. The van der Waals surface area contributed by atoms with Crippen molar-refractivity contribution in [2.45, 2.75) is 58.0 Å². The Balaban J connectivity index is 1.68. The molecule has 1 aliphatic carbocycles. The van der Waals surface area contributed by atoms with Crippen LogP contribution in [0.2, 0.25) is 0 Å². The Morgan fingerprint density at radius 1 is 1.18 bits per heavy atom. The van der Waals surface area contributed by atoms with Gasteiger partial charge in [0.15, 0.2) is 0 Å². The molecule has 5 nitrogen and oxygen atoms in total. The highest BCUT2D eigenvalue weighted by molar-refractivity contribution is 5.96. The van der Waals surface area contributed by atoms with Crippen LogP contribution < -0.4 is 0 Å². The number of nitrogens with one attached hydrogen (secondary N) is 1. The van der Waals surface area contributed by atoms with E-state index in [-0.39, 0.29) is 11.8 Å². The molecule has 1 N–H and O–H groups in total. The number of hydrogen-bond acceptors (Lipinski definition) is 2. The second-order valence-corrected chi connectivity index (χ2v) is 7.01. The topological polar surface area (TPSA) is 56.4 Å². The summed E-state index contributed by atoms with van der Waals surface area (Å²) in [7, 11) is 0. The third-order valence-corrected chi connectivity index (χ3v) is 5.85. The summed E-state index contributed by atoms with van der Waals surface area (Å²) in [5.41, 5.74) is 4.03. The van der Waals surface area contributed by atoms with E-state index < -0.39 is 5.66 Å². The maximum absolute atomic E-state index is 13.1. The van der Waals surface area contributed by atoms with Gasteiger partial charge in [-0.1, -0.05) is 0 Å². The minimum atomic E-state index is -0.424. The lowest BCUT2D eigenvalue weighted by atomic mass is 9.95. The number of hydrogen-bond donors (Lipinski definition) is 1. The first-order chi connectivity index (χ1) is 10.5. The molecule has 5 heteroatoms. The van der Waals surface area contributed by atoms with Crippen molar-refractivity contribution in [1.29, 1.82) is 0 Å². The number of carbonyl (C=O) groups excluding carboxylic acids is 2. The van der Waals surface area contributed by atoms with Gasteiger partial charge < -0.3 is 14.8 Å². The summed E-state index contributed by atoms with van der Waals surface area (Å²) in [6.07, 6.45) is 5.84. The van der Waals surface area contributed by atoms with E-state index in [4.69, 9.17) is 0 Å². The van der Waals surface area contributed by atoms with Crippen LogP contribution in [0.5, 0.6) is 0 Å². The van der Waals surface area contributed by atoms with Crippen LogP contribution in [0.1, 0.15) is 59.9 Å². The van der Waals surface area contributed by atoms with Crippen molar-refractivity contribution in [3.63, 3.8) is 0 Å². The molecular weight excluding hydrogens is 278 g/mol. The predicted molar refractivity (Wildman–Crippen MR) is 82.6 cm³/mol. The van der Waals surface area contributed by atoms with E-state index in [1.807, 2.05) is 16.7 Å². The van der Waals surface area contributed by atoms with E-state index in [1.54, 1.807) is 0 Å². The highest BCUT2D eigenvalue weighted by atomic mass is 16.2. The molecular formula is C17H23N3O2. The molecule has 1 aromatic heterocycles. The maximum Gasteiger partial charge on any atom is 0.272 e. The SMILES string of the molecule is Cc1c(C(=O)N2CCN3C(=O)CCC32C)[nH]c2c1CCCC2. The van der Waals surface area contributed by atoms with Crippen molar-refractivity contribution in [2.24, 2.45) is 0 Å². The number of amides is 2. The van der Waals surface area contributed by atoms with Crippen molar-refractivity contribution >= 4 is 11.8 Å². The molecule has 0 spiro atoms. The van der Waals surface area contributed by atoms with Gasteiger partial charge >= 0.3 is 0 Å². The van der Waals surface area contributed by atoms with Crippen LogP contribution in [0.3, 0.4) is 0 Å². The molecule has 0 saturated carbocycles. The fraction of sp³-hybridized carbons (Fsp3) is 0.647. The Bertz CT molecular complexity index is 663. The first kappa shape index (κ1) is 13.9. The molecule has 2 amide bonds. The van der Waals surface area contributed by atoms with Crippen LogP contribution >= 0.6 is 0 Å². The predicted octanol–water partition coefficient (Wildman–Crippen LogP) is 2.00. The molecule has 2 fully saturated rings. The third-order valence-electron chi connectivity index (χ3n) is 5.85. The third kappa shape index (κ3) is 1.71. The van der Waals surface area contributed by atoms with Crippen LogP contribution in [-0.2, 0) is 17.6 Å². The zero-order valence-corrected chi connectivity index (χ0v) is 13.4. The number of aromatic nitrogens is 1. The van der Waals surface area contributed by atoms with Crippen LogP contribution in [0.15, 0.2) is 0 Å².